The summed E-state index contributed by atoms with van der Waals surface area (Å²) in [6.45, 7) is 6.97. The molecule has 0 aliphatic carbocycles. The van der Waals surface area contributed by atoms with Gasteiger partial charge in [0.05, 0.1) is 11.0 Å². The van der Waals surface area contributed by atoms with E-state index in [2.05, 4.69) is 21.2 Å². The number of rotatable bonds is 6. The van der Waals surface area contributed by atoms with E-state index in [1.807, 2.05) is 13.8 Å². The number of benzene rings is 1. The van der Waals surface area contributed by atoms with Gasteiger partial charge < -0.3 is 10.1 Å². The van der Waals surface area contributed by atoms with Crippen molar-refractivity contribution in [2.75, 3.05) is 18.5 Å². The first-order chi connectivity index (χ1) is 8.45. The van der Waals surface area contributed by atoms with Crippen LogP contribution in [0.4, 0.5) is 11.4 Å². The number of halogens is 1. The van der Waals surface area contributed by atoms with Crippen molar-refractivity contribution < 1.29 is 9.66 Å². The second kappa shape index (κ2) is 6.70. The van der Waals surface area contributed by atoms with E-state index in [0.717, 1.165) is 5.69 Å². The van der Waals surface area contributed by atoms with E-state index < -0.39 is 0 Å². The van der Waals surface area contributed by atoms with Crippen molar-refractivity contribution in [3.8, 4) is 0 Å². The molecule has 0 saturated heterocycles. The number of nitro groups is 1. The fraction of sp³-hybridized carbons (Fsp3) is 0.500. The van der Waals surface area contributed by atoms with Gasteiger partial charge in [-0.3, -0.25) is 10.1 Å². The topological polar surface area (TPSA) is 64.4 Å². The van der Waals surface area contributed by atoms with Crippen molar-refractivity contribution in [1.82, 2.24) is 0 Å². The molecule has 0 aromatic heterocycles. The zero-order chi connectivity index (χ0) is 13.7. The van der Waals surface area contributed by atoms with Crippen LogP contribution in [0.15, 0.2) is 16.6 Å². The molecule has 1 unspecified atom stereocenters. The Labute approximate surface area is 115 Å². The molecule has 0 bridgehead atoms. The first kappa shape index (κ1) is 14.9. The van der Waals surface area contributed by atoms with Gasteiger partial charge in [0.2, 0.25) is 0 Å². The van der Waals surface area contributed by atoms with Crippen LogP contribution in [-0.2, 0) is 4.74 Å². The standard InChI is InChI=1S/C12H17BrN2O3/c1-4-18-9(3)7-14-11-5-8(2)12(15(16)17)6-10(11)13/h5-6,9,14H,4,7H2,1-3H3. The smallest absolute Gasteiger partial charge is 0.273 e. The van der Waals surface area contributed by atoms with Crippen LogP contribution in [-0.4, -0.2) is 24.2 Å². The predicted octanol–water partition coefficient (Wildman–Crippen LogP) is 3.50. The van der Waals surface area contributed by atoms with Crippen molar-refractivity contribution in [2.45, 2.75) is 26.9 Å². The number of nitrogens with one attached hydrogen (secondary N) is 1. The zero-order valence-corrected chi connectivity index (χ0v) is 12.3. The lowest BCUT2D eigenvalue weighted by Gasteiger charge is -2.15. The number of nitro benzene ring substituents is 1. The van der Waals surface area contributed by atoms with Crippen molar-refractivity contribution in [3.05, 3.63) is 32.3 Å². The summed E-state index contributed by atoms with van der Waals surface area (Å²) in [5.74, 6) is 0. The first-order valence-electron chi connectivity index (χ1n) is 5.75. The Kier molecular flexibility index (Phi) is 5.55. The molecule has 1 aromatic rings. The minimum Gasteiger partial charge on any atom is -0.382 e. The Balaban J connectivity index is 2.79. The number of hydrogen-bond donors (Lipinski definition) is 1. The largest absolute Gasteiger partial charge is 0.382 e. The van der Waals surface area contributed by atoms with E-state index in [1.165, 1.54) is 6.07 Å². The van der Waals surface area contributed by atoms with E-state index >= 15 is 0 Å². The Morgan fingerprint density at radius 1 is 1.56 bits per heavy atom. The molecule has 1 atom stereocenters. The summed E-state index contributed by atoms with van der Waals surface area (Å²) >= 11 is 3.33. The van der Waals surface area contributed by atoms with E-state index in [1.54, 1.807) is 13.0 Å². The molecule has 1 N–H and O–H groups in total. The van der Waals surface area contributed by atoms with Gasteiger partial charge in [-0.25, -0.2) is 0 Å². The summed E-state index contributed by atoms with van der Waals surface area (Å²) in [7, 11) is 0. The summed E-state index contributed by atoms with van der Waals surface area (Å²) in [6, 6.07) is 3.28. The molecule has 5 nitrogen and oxygen atoms in total. The van der Waals surface area contributed by atoms with Gasteiger partial charge in [-0.05, 0) is 42.8 Å². The van der Waals surface area contributed by atoms with Crippen LogP contribution in [0.3, 0.4) is 0 Å². The highest BCUT2D eigenvalue weighted by atomic mass is 79.9. The lowest BCUT2D eigenvalue weighted by Crippen LogP contribution is -2.20. The molecular formula is C12H17BrN2O3. The Bertz CT molecular complexity index is 438. The molecule has 0 heterocycles. The third kappa shape index (κ3) is 3.96. The van der Waals surface area contributed by atoms with E-state index in [0.29, 0.717) is 23.2 Å². The molecular weight excluding hydrogens is 300 g/mol. The van der Waals surface area contributed by atoms with Gasteiger partial charge in [-0.1, -0.05) is 0 Å². The number of hydrogen-bond acceptors (Lipinski definition) is 4. The highest BCUT2D eigenvalue weighted by Crippen LogP contribution is 2.30. The molecule has 0 spiro atoms. The third-order valence-electron chi connectivity index (χ3n) is 2.51. The van der Waals surface area contributed by atoms with Crippen LogP contribution in [0, 0.1) is 17.0 Å². The predicted molar refractivity (Wildman–Crippen MR) is 75.1 cm³/mol. The number of ether oxygens (including phenoxy) is 1. The van der Waals surface area contributed by atoms with Crippen molar-refractivity contribution >= 4 is 27.3 Å². The normalized spacial score (nSPS) is 12.2. The van der Waals surface area contributed by atoms with E-state index in [-0.39, 0.29) is 16.7 Å². The maximum Gasteiger partial charge on any atom is 0.273 e. The van der Waals surface area contributed by atoms with Gasteiger partial charge >= 0.3 is 0 Å². The maximum atomic E-state index is 10.8. The zero-order valence-electron chi connectivity index (χ0n) is 10.7. The maximum absolute atomic E-state index is 10.8. The number of nitrogens with zero attached hydrogens (tertiary/aromatic N) is 1. The second-order valence-electron chi connectivity index (χ2n) is 4.02. The fourth-order valence-corrected chi connectivity index (χ4v) is 2.07. The molecule has 0 fully saturated rings. The average Bonchev–Trinajstić information content (AvgIpc) is 2.29. The Hall–Kier alpha value is -1.14. The highest BCUT2D eigenvalue weighted by Gasteiger charge is 2.14. The fourth-order valence-electron chi connectivity index (χ4n) is 1.60. The van der Waals surface area contributed by atoms with Crippen molar-refractivity contribution in [1.29, 1.82) is 0 Å². The molecule has 1 aromatic carbocycles. The Morgan fingerprint density at radius 2 is 2.22 bits per heavy atom. The molecule has 0 aliphatic heterocycles. The molecule has 6 heteroatoms. The second-order valence-corrected chi connectivity index (χ2v) is 4.88. The lowest BCUT2D eigenvalue weighted by atomic mass is 10.2. The molecule has 0 amide bonds. The summed E-state index contributed by atoms with van der Waals surface area (Å²) in [4.78, 5) is 10.4. The van der Waals surface area contributed by atoms with E-state index in [9.17, 15) is 10.1 Å². The monoisotopic (exact) mass is 316 g/mol. The summed E-state index contributed by atoms with van der Waals surface area (Å²) in [5.41, 5.74) is 1.59. The molecule has 0 aliphatic rings. The number of aryl methyl sites for hydroxylation is 1. The molecule has 18 heavy (non-hydrogen) atoms. The first-order valence-corrected chi connectivity index (χ1v) is 6.55. The summed E-state index contributed by atoms with van der Waals surface area (Å²) < 4.78 is 6.09. The molecule has 1 rings (SSSR count). The van der Waals surface area contributed by atoms with Crippen LogP contribution >= 0.6 is 15.9 Å². The van der Waals surface area contributed by atoms with Gasteiger partial charge in [0, 0.05) is 34.9 Å². The number of anilines is 1. The minimum absolute atomic E-state index is 0.0948. The van der Waals surface area contributed by atoms with Gasteiger partial charge in [0.1, 0.15) is 0 Å². The molecule has 0 radical (unpaired) electrons. The van der Waals surface area contributed by atoms with Gasteiger partial charge in [0.15, 0.2) is 0 Å². The highest BCUT2D eigenvalue weighted by molar-refractivity contribution is 9.10. The summed E-state index contributed by atoms with van der Waals surface area (Å²) in [6.07, 6.45) is 0.0948. The van der Waals surface area contributed by atoms with Crippen LogP contribution in [0.5, 0.6) is 0 Å². The summed E-state index contributed by atoms with van der Waals surface area (Å²) in [5, 5.41) is 14.0. The molecule has 0 saturated carbocycles. The van der Waals surface area contributed by atoms with Crippen LogP contribution in [0.1, 0.15) is 19.4 Å². The van der Waals surface area contributed by atoms with E-state index in [4.69, 9.17) is 4.74 Å². The third-order valence-corrected chi connectivity index (χ3v) is 3.17. The van der Waals surface area contributed by atoms with Gasteiger partial charge in [0.25, 0.3) is 5.69 Å². The quantitative estimate of drug-likeness (QED) is 0.644. The van der Waals surface area contributed by atoms with Crippen molar-refractivity contribution in [3.63, 3.8) is 0 Å². The van der Waals surface area contributed by atoms with Crippen LogP contribution in [0.25, 0.3) is 0 Å². The molecule has 100 valence electrons. The SMILES string of the molecule is CCOC(C)CNc1cc(C)c([N+](=O)[O-])cc1Br. The lowest BCUT2D eigenvalue weighted by molar-refractivity contribution is -0.385. The minimum atomic E-state index is -0.382. The van der Waals surface area contributed by atoms with Crippen LogP contribution < -0.4 is 5.32 Å². The van der Waals surface area contributed by atoms with Crippen molar-refractivity contribution in [2.24, 2.45) is 0 Å². The van der Waals surface area contributed by atoms with Gasteiger partial charge in [-0.2, -0.15) is 0 Å². The average molecular weight is 317 g/mol. The van der Waals surface area contributed by atoms with Gasteiger partial charge in [-0.15, -0.1) is 0 Å². The Morgan fingerprint density at radius 3 is 2.78 bits per heavy atom. The van der Waals surface area contributed by atoms with Crippen LogP contribution in [0.2, 0.25) is 0 Å².